The van der Waals surface area contributed by atoms with Gasteiger partial charge in [0.2, 0.25) is 5.43 Å². The average Bonchev–Trinajstić information content (AvgIpc) is 2.65. The number of ketones is 1. The Balaban J connectivity index is 2.29. The van der Waals surface area contributed by atoms with Crippen molar-refractivity contribution in [2.75, 3.05) is 0 Å². The zero-order valence-corrected chi connectivity index (χ0v) is 13.6. The molecular weight excluding hydrogens is 389 g/mol. The van der Waals surface area contributed by atoms with E-state index in [0.717, 1.165) is 24.3 Å². The number of rotatable bonds is 3. The Morgan fingerprint density at radius 3 is 2.29 bits per heavy atom. The maximum absolute atomic E-state index is 12.5. The fourth-order valence-corrected chi connectivity index (χ4v) is 2.22. The lowest BCUT2D eigenvalue weighted by Gasteiger charge is -2.05. The number of hydrogen-bond donors (Lipinski definition) is 1. The van der Waals surface area contributed by atoms with Gasteiger partial charge in [0.25, 0.3) is 0 Å². The third kappa shape index (κ3) is 4.32. The first-order valence-electron chi connectivity index (χ1n) is 6.61. The molecule has 0 fully saturated rings. The molecule has 0 amide bonds. The van der Waals surface area contributed by atoms with Crippen LogP contribution in [0.2, 0.25) is 0 Å². The molecule has 3 nitrogen and oxygen atoms in total. The Bertz CT molecular complexity index is 856. The number of allylic oxidation sites excluding steroid dienone is 1. The fraction of sp³-hybridized carbons (Fsp3) is 0.0588. The maximum atomic E-state index is 12.5. The lowest BCUT2D eigenvalue weighted by Crippen LogP contribution is -2.04. The summed E-state index contributed by atoms with van der Waals surface area (Å²) in [6, 6.07) is 8.01. The summed E-state index contributed by atoms with van der Waals surface area (Å²) in [4.78, 5) is 23.7. The third-order valence-corrected chi connectivity index (χ3v) is 3.59. The van der Waals surface area contributed by atoms with Crippen LogP contribution < -0.4 is 5.43 Å². The maximum Gasteiger partial charge on any atom is 0.416 e. The van der Waals surface area contributed by atoms with Crippen LogP contribution in [0.1, 0.15) is 21.5 Å². The molecule has 2 aromatic carbocycles. The van der Waals surface area contributed by atoms with E-state index in [1.807, 2.05) is 0 Å². The van der Waals surface area contributed by atoms with Gasteiger partial charge in [-0.25, -0.2) is 0 Å². The van der Waals surface area contributed by atoms with Crippen molar-refractivity contribution in [2.24, 2.45) is 0 Å². The van der Waals surface area contributed by atoms with Crippen LogP contribution in [0.25, 0.3) is 6.08 Å². The molecule has 0 atom stereocenters. The van der Waals surface area contributed by atoms with Crippen LogP contribution in [0.15, 0.2) is 57.8 Å². The van der Waals surface area contributed by atoms with Gasteiger partial charge in [-0.05, 0) is 42.0 Å². The summed E-state index contributed by atoms with van der Waals surface area (Å²) < 4.78 is 37.9. The fourth-order valence-electron chi connectivity index (χ4n) is 1.85. The number of benzene rings is 1. The van der Waals surface area contributed by atoms with Crippen LogP contribution in [0.5, 0.6) is 5.75 Å². The van der Waals surface area contributed by atoms with E-state index in [2.05, 4.69) is 15.9 Å². The van der Waals surface area contributed by atoms with Crippen LogP contribution in [-0.2, 0) is 6.18 Å². The van der Waals surface area contributed by atoms with Crippen LogP contribution >= 0.6 is 15.9 Å². The standard InChI is InChI=1S/C17H10BrF3O3/c18-12-6-8-15(23)16(24)13(9-12)14(22)7-3-10-1-4-11(5-2-10)17(19,20)21/h1-9H,(H,23,24). The number of hydrogen-bond acceptors (Lipinski definition) is 3. The average molecular weight is 399 g/mol. The molecule has 2 aromatic rings. The Morgan fingerprint density at radius 1 is 1.08 bits per heavy atom. The summed E-state index contributed by atoms with van der Waals surface area (Å²) >= 11 is 3.12. The lowest BCUT2D eigenvalue weighted by molar-refractivity contribution is -0.137. The molecule has 7 heteroatoms. The van der Waals surface area contributed by atoms with Gasteiger partial charge in [-0.15, -0.1) is 0 Å². The summed E-state index contributed by atoms with van der Waals surface area (Å²) in [6.45, 7) is 0. The summed E-state index contributed by atoms with van der Waals surface area (Å²) in [5, 5.41) is 9.76. The van der Waals surface area contributed by atoms with Gasteiger partial charge in [-0.2, -0.15) is 13.2 Å². The smallest absolute Gasteiger partial charge is 0.416 e. The van der Waals surface area contributed by atoms with Gasteiger partial charge < -0.3 is 5.11 Å². The van der Waals surface area contributed by atoms with Gasteiger partial charge >= 0.3 is 6.18 Å². The molecule has 24 heavy (non-hydrogen) atoms. The molecule has 0 heterocycles. The van der Waals surface area contributed by atoms with Gasteiger partial charge in [0.1, 0.15) is 0 Å². The minimum absolute atomic E-state index is 0.208. The van der Waals surface area contributed by atoms with Gasteiger partial charge in [-0.3, -0.25) is 9.59 Å². The lowest BCUT2D eigenvalue weighted by atomic mass is 10.1. The number of carbonyl (C=O) groups excluding carboxylic acids is 1. The normalized spacial score (nSPS) is 11.7. The summed E-state index contributed by atoms with van der Waals surface area (Å²) in [6.07, 6.45) is -2.06. The largest absolute Gasteiger partial charge is 0.504 e. The van der Waals surface area contributed by atoms with E-state index in [1.54, 1.807) is 0 Å². The highest BCUT2D eigenvalue weighted by molar-refractivity contribution is 9.10. The Hall–Kier alpha value is -2.41. The molecule has 0 aromatic heterocycles. The first-order valence-corrected chi connectivity index (χ1v) is 7.40. The molecule has 0 unspecified atom stereocenters. The van der Waals surface area contributed by atoms with Crippen LogP contribution in [0.3, 0.4) is 0 Å². The number of aromatic hydroxyl groups is 1. The number of carbonyl (C=O) groups is 1. The molecule has 124 valence electrons. The predicted molar refractivity (Wildman–Crippen MR) is 86.9 cm³/mol. The van der Waals surface area contributed by atoms with Crippen molar-refractivity contribution in [1.29, 1.82) is 0 Å². The summed E-state index contributed by atoms with van der Waals surface area (Å²) in [5.74, 6) is -1.34. The minimum Gasteiger partial charge on any atom is -0.504 e. The Morgan fingerprint density at radius 2 is 1.71 bits per heavy atom. The minimum atomic E-state index is -4.43. The molecule has 0 saturated heterocycles. The van der Waals surface area contributed by atoms with Gasteiger partial charge in [0.15, 0.2) is 11.5 Å². The zero-order valence-electron chi connectivity index (χ0n) is 12.0. The molecule has 0 aliphatic rings. The first-order chi connectivity index (χ1) is 11.2. The van der Waals surface area contributed by atoms with Crippen molar-refractivity contribution >= 4 is 27.8 Å². The highest BCUT2D eigenvalue weighted by Crippen LogP contribution is 2.29. The van der Waals surface area contributed by atoms with Crippen LogP contribution in [0.4, 0.5) is 13.2 Å². The van der Waals surface area contributed by atoms with Crippen molar-refractivity contribution in [2.45, 2.75) is 6.18 Å². The van der Waals surface area contributed by atoms with E-state index < -0.39 is 28.7 Å². The van der Waals surface area contributed by atoms with E-state index in [1.165, 1.54) is 30.3 Å². The topological polar surface area (TPSA) is 54.4 Å². The summed E-state index contributed by atoms with van der Waals surface area (Å²) in [7, 11) is 0. The van der Waals surface area contributed by atoms with Crippen LogP contribution in [-0.4, -0.2) is 10.9 Å². The molecule has 0 aliphatic heterocycles. The van der Waals surface area contributed by atoms with Crippen molar-refractivity contribution < 1.29 is 23.1 Å². The van der Waals surface area contributed by atoms with Crippen molar-refractivity contribution in [3.63, 3.8) is 0 Å². The van der Waals surface area contributed by atoms with E-state index in [-0.39, 0.29) is 5.56 Å². The quantitative estimate of drug-likeness (QED) is 0.614. The molecule has 2 rings (SSSR count). The molecule has 0 aliphatic carbocycles. The predicted octanol–water partition coefficient (Wildman–Crippen LogP) is 4.43. The van der Waals surface area contributed by atoms with E-state index in [0.29, 0.717) is 10.0 Å². The number of halogens is 4. The van der Waals surface area contributed by atoms with Gasteiger partial charge in [0.05, 0.1) is 11.1 Å². The van der Waals surface area contributed by atoms with Gasteiger partial charge in [0, 0.05) is 4.47 Å². The highest BCUT2D eigenvalue weighted by atomic mass is 79.9. The first kappa shape index (κ1) is 17.9. The van der Waals surface area contributed by atoms with E-state index >= 15 is 0 Å². The molecule has 0 radical (unpaired) electrons. The zero-order chi connectivity index (χ0) is 17.9. The van der Waals surface area contributed by atoms with E-state index in [4.69, 9.17) is 0 Å². The molecule has 1 N–H and O–H groups in total. The van der Waals surface area contributed by atoms with Crippen molar-refractivity contribution in [3.05, 3.63) is 79.9 Å². The molecule has 0 spiro atoms. The van der Waals surface area contributed by atoms with Crippen LogP contribution in [0, 0.1) is 0 Å². The monoisotopic (exact) mass is 398 g/mol. The highest BCUT2D eigenvalue weighted by Gasteiger charge is 2.29. The third-order valence-electron chi connectivity index (χ3n) is 3.10. The van der Waals surface area contributed by atoms with E-state index in [9.17, 15) is 27.9 Å². The second-order valence-corrected chi connectivity index (χ2v) is 5.72. The second-order valence-electron chi connectivity index (χ2n) is 4.81. The SMILES string of the molecule is O=C(C=Cc1ccc(C(F)(F)F)cc1)c1cc(Br)ccc(=O)c1O. The summed E-state index contributed by atoms with van der Waals surface area (Å²) in [5.41, 5.74) is -1.34. The van der Waals surface area contributed by atoms with Gasteiger partial charge in [-0.1, -0.05) is 34.1 Å². The Kier molecular flexibility index (Phi) is 5.23. The molecule has 0 saturated carbocycles. The van der Waals surface area contributed by atoms with Crippen molar-refractivity contribution in [1.82, 2.24) is 0 Å². The Labute approximate surface area is 143 Å². The molecular formula is C17H10BrF3O3. The molecule has 0 bridgehead atoms. The second kappa shape index (κ2) is 7.00. The number of alkyl halides is 3. The van der Waals surface area contributed by atoms with Crippen molar-refractivity contribution in [3.8, 4) is 5.75 Å².